The molecule has 26 heavy (non-hydrogen) atoms. The van der Waals surface area contributed by atoms with Crippen molar-refractivity contribution >= 4 is 6.09 Å². The number of fused-ring (bicyclic) bond motifs is 12. The number of rotatable bonds is 0. The molecule has 1 saturated heterocycles. The summed E-state index contributed by atoms with van der Waals surface area (Å²) in [6.07, 6.45) is 4.63. The van der Waals surface area contributed by atoms with E-state index in [1.807, 2.05) is 20.8 Å². The van der Waals surface area contributed by atoms with Gasteiger partial charge in [-0.05, 0) is 57.6 Å². The maximum atomic E-state index is 13.1. The molecule has 0 aromatic heterocycles. The molecule has 2 aliphatic heterocycles. The first-order valence-corrected chi connectivity index (χ1v) is 9.75. The maximum Gasteiger partial charge on any atom is 0.411 e. The van der Waals surface area contributed by atoms with E-state index in [1.165, 1.54) is 16.7 Å². The summed E-state index contributed by atoms with van der Waals surface area (Å²) in [6, 6.07) is 8.92. The quantitative estimate of drug-likeness (QED) is 0.586. The molecule has 1 saturated carbocycles. The Morgan fingerprint density at radius 1 is 0.962 bits per heavy atom. The molecule has 1 aromatic carbocycles. The molecule has 136 valence electrons. The summed E-state index contributed by atoms with van der Waals surface area (Å²) in [5.41, 5.74) is 5.25. The van der Waals surface area contributed by atoms with Crippen LogP contribution in [-0.2, 0) is 4.74 Å². The van der Waals surface area contributed by atoms with E-state index in [2.05, 4.69) is 55.2 Å². The van der Waals surface area contributed by atoms with E-state index in [4.69, 9.17) is 4.74 Å². The van der Waals surface area contributed by atoms with Crippen LogP contribution in [0, 0.1) is 23.7 Å². The molecule has 0 spiro atoms. The highest BCUT2D eigenvalue weighted by Gasteiger charge is 2.67. The lowest BCUT2D eigenvalue weighted by molar-refractivity contribution is 0.0145. The van der Waals surface area contributed by atoms with Gasteiger partial charge in [0.1, 0.15) is 5.60 Å². The predicted octanol–water partition coefficient (Wildman–Crippen LogP) is 5.42. The third-order valence-corrected chi connectivity index (χ3v) is 6.66. The van der Waals surface area contributed by atoms with Crippen LogP contribution in [0.25, 0.3) is 0 Å². The summed E-state index contributed by atoms with van der Waals surface area (Å²) in [4.78, 5) is 15.2. The zero-order valence-corrected chi connectivity index (χ0v) is 16.2. The normalized spacial score (nSPS) is 35.7. The molecular weight excluding hydrogens is 322 g/mol. The number of allylic oxidation sites excluding steroid dienone is 4. The summed E-state index contributed by atoms with van der Waals surface area (Å²) >= 11 is 0. The smallest absolute Gasteiger partial charge is 0.411 e. The number of carbonyl (C=O) groups excluding carboxylic acids is 1. The van der Waals surface area contributed by atoms with Crippen LogP contribution in [-0.4, -0.2) is 16.6 Å². The second-order valence-corrected chi connectivity index (χ2v) is 9.45. The van der Waals surface area contributed by atoms with Crippen LogP contribution >= 0.6 is 0 Å². The van der Waals surface area contributed by atoms with Crippen LogP contribution in [0.4, 0.5) is 4.79 Å². The third-order valence-electron chi connectivity index (χ3n) is 6.66. The van der Waals surface area contributed by atoms with Gasteiger partial charge in [-0.25, -0.2) is 4.79 Å². The number of ether oxygens (including phenoxy) is 1. The van der Waals surface area contributed by atoms with E-state index < -0.39 is 5.60 Å². The Kier molecular flexibility index (Phi) is 3.12. The molecule has 0 radical (unpaired) electrons. The van der Waals surface area contributed by atoms with Crippen molar-refractivity contribution in [3.05, 3.63) is 58.7 Å². The van der Waals surface area contributed by atoms with Gasteiger partial charge in [0.25, 0.3) is 0 Å². The van der Waals surface area contributed by atoms with Crippen molar-refractivity contribution in [3.8, 4) is 0 Å². The van der Waals surface area contributed by atoms with Gasteiger partial charge < -0.3 is 4.74 Å². The van der Waals surface area contributed by atoms with Crippen molar-refractivity contribution in [1.82, 2.24) is 4.90 Å². The Bertz CT molecular complexity index is 806. The molecule has 5 rings (SSSR count). The van der Waals surface area contributed by atoms with Crippen molar-refractivity contribution in [2.75, 3.05) is 0 Å². The first-order chi connectivity index (χ1) is 12.3. The van der Waals surface area contributed by atoms with Gasteiger partial charge in [0.15, 0.2) is 0 Å². The minimum atomic E-state index is -0.470. The van der Waals surface area contributed by atoms with E-state index in [0.717, 1.165) is 0 Å². The molecular formula is C23H27NO2. The number of amides is 1. The van der Waals surface area contributed by atoms with Gasteiger partial charge in [0.05, 0.1) is 12.1 Å². The third kappa shape index (κ3) is 1.92. The fourth-order valence-corrected chi connectivity index (χ4v) is 6.15. The summed E-state index contributed by atoms with van der Waals surface area (Å²) in [7, 11) is 0. The second-order valence-electron chi connectivity index (χ2n) is 9.45. The molecule has 4 aliphatic rings. The van der Waals surface area contributed by atoms with E-state index in [0.29, 0.717) is 23.7 Å². The molecule has 4 bridgehead atoms. The number of nitrogens with zero attached hydrogens (tertiary/aromatic N) is 1. The number of hydrogen-bond donors (Lipinski definition) is 0. The van der Waals surface area contributed by atoms with Crippen molar-refractivity contribution in [2.24, 2.45) is 23.7 Å². The zero-order chi connectivity index (χ0) is 18.4. The minimum Gasteiger partial charge on any atom is -0.444 e. The molecule has 1 amide bonds. The van der Waals surface area contributed by atoms with Crippen LogP contribution in [0.2, 0.25) is 0 Å². The van der Waals surface area contributed by atoms with Gasteiger partial charge in [0, 0.05) is 11.8 Å². The summed E-state index contributed by atoms with van der Waals surface area (Å²) in [5.74, 6) is 1.93. The SMILES string of the molecule is CC(C)=C1[C@H]2C=C[C@@H]1[C@H]1[C@@H]2[C@@H]2c3ccccc3[C@H]1N2C(=O)OC(C)(C)C. The molecule has 2 heterocycles. The fourth-order valence-electron chi connectivity index (χ4n) is 6.15. The van der Waals surface area contributed by atoms with Crippen LogP contribution in [0.5, 0.6) is 0 Å². The molecule has 0 unspecified atom stereocenters. The Hall–Kier alpha value is -2.03. The fraction of sp³-hybridized carbons (Fsp3) is 0.522. The van der Waals surface area contributed by atoms with Gasteiger partial charge in [-0.1, -0.05) is 47.6 Å². The van der Waals surface area contributed by atoms with E-state index in [1.54, 1.807) is 5.57 Å². The lowest BCUT2D eigenvalue weighted by Gasteiger charge is -2.30. The molecule has 2 fully saturated rings. The Labute approximate surface area is 155 Å². The highest BCUT2D eigenvalue weighted by molar-refractivity contribution is 5.73. The Balaban J connectivity index is 1.62. The maximum absolute atomic E-state index is 13.1. The van der Waals surface area contributed by atoms with E-state index in [-0.39, 0.29) is 18.2 Å². The topological polar surface area (TPSA) is 29.5 Å². The van der Waals surface area contributed by atoms with Gasteiger partial charge in [0.2, 0.25) is 0 Å². The minimum absolute atomic E-state index is 0.144. The number of carbonyl (C=O) groups is 1. The van der Waals surface area contributed by atoms with Crippen molar-refractivity contribution in [1.29, 1.82) is 0 Å². The summed E-state index contributed by atoms with van der Waals surface area (Å²) in [5, 5.41) is 0. The number of hydrogen-bond acceptors (Lipinski definition) is 2. The summed E-state index contributed by atoms with van der Waals surface area (Å²) in [6.45, 7) is 10.3. The zero-order valence-electron chi connectivity index (χ0n) is 16.2. The Morgan fingerprint density at radius 2 is 1.46 bits per heavy atom. The average molecular weight is 349 g/mol. The van der Waals surface area contributed by atoms with Crippen LogP contribution in [0.3, 0.4) is 0 Å². The molecule has 0 N–H and O–H groups in total. The largest absolute Gasteiger partial charge is 0.444 e. The lowest BCUT2D eigenvalue weighted by atomic mass is 9.71. The lowest BCUT2D eigenvalue weighted by Crippen LogP contribution is -2.36. The van der Waals surface area contributed by atoms with Crippen LogP contribution in [0.1, 0.15) is 57.8 Å². The van der Waals surface area contributed by atoms with Crippen LogP contribution in [0.15, 0.2) is 47.6 Å². The molecule has 1 aromatic rings. The first-order valence-electron chi connectivity index (χ1n) is 9.75. The molecule has 6 atom stereocenters. The van der Waals surface area contributed by atoms with Crippen LogP contribution < -0.4 is 0 Å². The molecule has 3 nitrogen and oxygen atoms in total. The summed E-state index contributed by atoms with van der Waals surface area (Å²) < 4.78 is 5.82. The van der Waals surface area contributed by atoms with Gasteiger partial charge in [-0.2, -0.15) is 0 Å². The van der Waals surface area contributed by atoms with Crippen molar-refractivity contribution < 1.29 is 9.53 Å². The number of benzene rings is 1. The highest BCUT2D eigenvalue weighted by atomic mass is 16.6. The molecule has 2 aliphatic carbocycles. The van der Waals surface area contributed by atoms with Gasteiger partial charge in [-0.3, -0.25) is 4.90 Å². The molecule has 3 heteroatoms. The van der Waals surface area contributed by atoms with E-state index >= 15 is 0 Å². The van der Waals surface area contributed by atoms with Gasteiger partial charge >= 0.3 is 6.09 Å². The monoisotopic (exact) mass is 349 g/mol. The second kappa shape index (κ2) is 5.03. The standard InChI is InChI=1S/C23H27NO2/c1-12(2)17-15-10-11-16(17)19-18(15)20-13-8-6-7-9-14(13)21(19)24(20)22(25)26-23(3,4)5/h6-11,15-16,18-21H,1-5H3/t15-,16+,18-,19+,20+,21-. The van der Waals surface area contributed by atoms with Crippen molar-refractivity contribution in [3.63, 3.8) is 0 Å². The Morgan fingerprint density at radius 3 is 1.88 bits per heavy atom. The first kappa shape index (κ1) is 16.2. The van der Waals surface area contributed by atoms with Crippen molar-refractivity contribution in [2.45, 2.75) is 52.3 Å². The van der Waals surface area contributed by atoms with Gasteiger partial charge in [-0.15, -0.1) is 0 Å². The average Bonchev–Trinajstić information content (AvgIpc) is 3.27. The van der Waals surface area contributed by atoms with E-state index in [9.17, 15) is 4.79 Å². The highest BCUT2D eigenvalue weighted by Crippen LogP contribution is 2.71. The predicted molar refractivity (Wildman–Crippen MR) is 101 cm³/mol.